The first-order chi connectivity index (χ1) is 16.2. The van der Waals surface area contributed by atoms with Gasteiger partial charge in [0.25, 0.3) is 5.91 Å². The Morgan fingerprint density at radius 3 is 2.76 bits per heavy atom. The highest BCUT2D eigenvalue weighted by atomic mass is 32.2. The number of thiophene rings is 2. The van der Waals surface area contributed by atoms with Crippen molar-refractivity contribution in [1.82, 2.24) is 24.6 Å². The van der Waals surface area contributed by atoms with Gasteiger partial charge in [0.2, 0.25) is 0 Å². The molecular formula is C23H18N6OS3. The van der Waals surface area contributed by atoms with Gasteiger partial charge >= 0.3 is 0 Å². The molecule has 1 amide bonds. The monoisotopic (exact) mass is 490 g/mol. The van der Waals surface area contributed by atoms with E-state index in [1.807, 2.05) is 54.1 Å². The summed E-state index contributed by atoms with van der Waals surface area (Å²) in [6, 6.07) is 15.9. The van der Waals surface area contributed by atoms with Crippen LogP contribution in [0, 0.1) is 6.92 Å². The summed E-state index contributed by atoms with van der Waals surface area (Å²) in [5.74, 6) is 0.830. The lowest BCUT2D eigenvalue weighted by atomic mass is 10.1. The van der Waals surface area contributed by atoms with Crippen molar-refractivity contribution in [3.05, 3.63) is 74.9 Å². The molecule has 1 atom stereocenters. The molecule has 1 aromatic carbocycles. The van der Waals surface area contributed by atoms with Crippen LogP contribution in [0.3, 0.4) is 0 Å². The number of aryl methyl sites for hydroxylation is 1. The van der Waals surface area contributed by atoms with E-state index in [0.717, 1.165) is 38.4 Å². The van der Waals surface area contributed by atoms with E-state index >= 15 is 0 Å². The molecule has 0 bridgehead atoms. The van der Waals surface area contributed by atoms with Gasteiger partial charge in [-0.05, 0) is 41.9 Å². The van der Waals surface area contributed by atoms with Crippen molar-refractivity contribution in [2.24, 2.45) is 5.10 Å². The van der Waals surface area contributed by atoms with Crippen molar-refractivity contribution < 1.29 is 4.79 Å². The van der Waals surface area contributed by atoms with Gasteiger partial charge in [-0.1, -0.05) is 36.0 Å². The summed E-state index contributed by atoms with van der Waals surface area (Å²) >= 11 is 4.67. The maximum Gasteiger partial charge on any atom is 0.253 e. The molecule has 0 saturated heterocycles. The van der Waals surface area contributed by atoms with Crippen molar-refractivity contribution in [2.75, 3.05) is 5.75 Å². The van der Waals surface area contributed by atoms with Gasteiger partial charge in [0, 0.05) is 16.7 Å². The first kappa shape index (κ1) is 20.5. The van der Waals surface area contributed by atoms with Gasteiger partial charge in [-0.15, -0.1) is 27.8 Å². The summed E-state index contributed by atoms with van der Waals surface area (Å²) in [5, 5.41) is 16.6. The molecular weight excluding hydrogens is 472 g/mol. The number of nitrogens with zero attached hydrogens (tertiary/aromatic N) is 6. The van der Waals surface area contributed by atoms with Crippen molar-refractivity contribution >= 4 is 62.6 Å². The lowest BCUT2D eigenvalue weighted by molar-refractivity contribution is -0.130. The number of hydrogen-bond acceptors (Lipinski definition) is 8. The van der Waals surface area contributed by atoms with E-state index in [1.54, 1.807) is 32.2 Å². The zero-order valence-corrected chi connectivity index (χ0v) is 20.0. The Balaban J connectivity index is 1.30. The van der Waals surface area contributed by atoms with Gasteiger partial charge in [-0.25, -0.2) is 15.0 Å². The van der Waals surface area contributed by atoms with E-state index in [4.69, 9.17) is 10.1 Å². The summed E-state index contributed by atoms with van der Waals surface area (Å²) in [7, 11) is 0. The molecule has 0 spiro atoms. The number of thioether (sulfide) groups is 1. The second kappa shape index (κ2) is 8.36. The number of rotatable bonds is 5. The van der Waals surface area contributed by atoms with Crippen LogP contribution in [-0.4, -0.2) is 42.0 Å². The average Bonchev–Trinajstić information content (AvgIpc) is 3.61. The van der Waals surface area contributed by atoms with Crippen LogP contribution in [0.5, 0.6) is 0 Å². The quantitative estimate of drug-likeness (QED) is 0.251. The van der Waals surface area contributed by atoms with Crippen LogP contribution in [0.4, 0.5) is 0 Å². The Morgan fingerprint density at radius 2 is 1.94 bits per heavy atom. The fraction of sp³-hybridized carbons (Fsp3) is 0.174. The molecule has 0 N–H and O–H groups in total. The van der Waals surface area contributed by atoms with Gasteiger partial charge in [0.1, 0.15) is 5.82 Å². The first-order valence-electron chi connectivity index (χ1n) is 10.4. The molecule has 0 radical (unpaired) electrons. The minimum absolute atomic E-state index is 0.0510. The lowest BCUT2D eigenvalue weighted by Crippen LogP contribution is -2.28. The summed E-state index contributed by atoms with van der Waals surface area (Å²) in [6.07, 6.45) is 0.720. The zero-order chi connectivity index (χ0) is 22.4. The van der Waals surface area contributed by atoms with Crippen LogP contribution >= 0.6 is 34.4 Å². The second-order valence-corrected chi connectivity index (χ2v) is 10.5. The standard InChI is InChI=1S/C23H18N6OS3/c1-14-24-22-15-6-2-3-7-16(15)25-23(29(22)26-14)33-13-21(30)28-18(20-9-5-11-32-20)12-17(27-28)19-8-4-10-31-19/h2-11,18H,12-13H2,1H3. The lowest BCUT2D eigenvalue weighted by Gasteiger charge is -2.20. The number of aromatic nitrogens is 4. The third-order valence-corrected chi connectivity index (χ3v) is 8.23. The first-order valence-corrected chi connectivity index (χ1v) is 13.1. The van der Waals surface area contributed by atoms with E-state index in [2.05, 4.69) is 22.2 Å². The van der Waals surface area contributed by atoms with Crippen LogP contribution in [-0.2, 0) is 4.79 Å². The summed E-state index contributed by atoms with van der Waals surface area (Å²) < 4.78 is 1.73. The molecule has 5 heterocycles. The number of fused-ring (bicyclic) bond motifs is 3. The molecule has 33 heavy (non-hydrogen) atoms. The minimum atomic E-state index is -0.0756. The molecule has 0 aliphatic carbocycles. The number of hydrazone groups is 1. The number of carbonyl (C=O) groups excluding carboxylic acids is 1. The predicted molar refractivity (Wildman–Crippen MR) is 133 cm³/mol. The smallest absolute Gasteiger partial charge is 0.253 e. The number of amides is 1. The fourth-order valence-corrected chi connectivity index (χ4v) is 6.28. The predicted octanol–water partition coefficient (Wildman–Crippen LogP) is 5.18. The van der Waals surface area contributed by atoms with Crippen LogP contribution in [0.2, 0.25) is 0 Å². The van der Waals surface area contributed by atoms with Crippen LogP contribution in [0.15, 0.2) is 69.5 Å². The van der Waals surface area contributed by atoms with Crippen LogP contribution < -0.4 is 0 Å². The Morgan fingerprint density at radius 1 is 1.09 bits per heavy atom. The molecule has 0 saturated carbocycles. The van der Waals surface area contributed by atoms with E-state index in [1.165, 1.54) is 11.8 Å². The normalized spacial score (nSPS) is 16.1. The van der Waals surface area contributed by atoms with Crippen molar-refractivity contribution in [1.29, 1.82) is 0 Å². The van der Waals surface area contributed by atoms with Crippen molar-refractivity contribution in [2.45, 2.75) is 24.5 Å². The number of hydrogen-bond donors (Lipinski definition) is 0. The van der Waals surface area contributed by atoms with Gasteiger partial charge < -0.3 is 0 Å². The topological polar surface area (TPSA) is 75.8 Å². The van der Waals surface area contributed by atoms with E-state index in [9.17, 15) is 4.79 Å². The maximum atomic E-state index is 13.4. The Hall–Kier alpha value is -3.08. The SMILES string of the molecule is Cc1nc2c3ccccc3nc(SCC(=O)N3N=C(c4cccs4)CC3c3cccs3)n2n1. The molecule has 6 rings (SSSR count). The van der Waals surface area contributed by atoms with E-state index in [0.29, 0.717) is 11.0 Å². The summed E-state index contributed by atoms with van der Waals surface area (Å²) in [4.78, 5) is 25.0. The molecule has 1 aliphatic rings. The van der Waals surface area contributed by atoms with Crippen LogP contribution in [0.25, 0.3) is 16.6 Å². The Labute approximate surface area is 201 Å². The molecule has 7 nitrogen and oxygen atoms in total. The van der Waals surface area contributed by atoms with Gasteiger partial charge in [0.05, 0.1) is 27.9 Å². The molecule has 5 aromatic rings. The minimum Gasteiger partial charge on any atom is -0.272 e. The molecule has 10 heteroatoms. The van der Waals surface area contributed by atoms with Crippen LogP contribution in [0.1, 0.15) is 28.0 Å². The maximum absolute atomic E-state index is 13.4. The molecule has 4 aromatic heterocycles. The third-order valence-electron chi connectivity index (χ3n) is 5.42. The molecule has 1 unspecified atom stereocenters. The highest BCUT2D eigenvalue weighted by Gasteiger charge is 2.34. The molecule has 0 fully saturated rings. The molecule has 1 aliphatic heterocycles. The van der Waals surface area contributed by atoms with Gasteiger partial charge in [-0.3, -0.25) is 4.79 Å². The largest absolute Gasteiger partial charge is 0.272 e. The van der Waals surface area contributed by atoms with Crippen molar-refractivity contribution in [3.63, 3.8) is 0 Å². The average molecular weight is 491 g/mol. The third kappa shape index (κ3) is 3.73. The number of benzene rings is 1. The Kier molecular flexibility index (Phi) is 5.20. The zero-order valence-electron chi connectivity index (χ0n) is 17.6. The summed E-state index contributed by atoms with van der Waals surface area (Å²) in [5.41, 5.74) is 2.55. The number of para-hydroxylation sites is 1. The second-order valence-electron chi connectivity index (χ2n) is 7.59. The van der Waals surface area contributed by atoms with Gasteiger partial charge in [-0.2, -0.15) is 9.62 Å². The van der Waals surface area contributed by atoms with E-state index < -0.39 is 0 Å². The van der Waals surface area contributed by atoms with Crippen molar-refractivity contribution in [3.8, 4) is 0 Å². The highest BCUT2D eigenvalue weighted by Crippen LogP contribution is 2.36. The van der Waals surface area contributed by atoms with Gasteiger partial charge in [0.15, 0.2) is 10.8 Å². The number of carbonyl (C=O) groups is 1. The highest BCUT2D eigenvalue weighted by molar-refractivity contribution is 7.99. The van der Waals surface area contributed by atoms with E-state index in [-0.39, 0.29) is 17.7 Å². The fourth-order valence-electron chi connectivity index (χ4n) is 3.95. The molecule has 164 valence electrons. The Bertz CT molecular complexity index is 1490. The summed E-state index contributed by atoms with van der Waals surface area (Å²) in [6.45, 7) is 1.86.